The molecule has 0 aromatic carbocycles. The molecule has 4 rings (SSSR count). The van der Waals surface area contributed by atoms with Crippen molar-refractivity contribution in [2.24, 2.45) is 40.4 Å². The van der Waals surface area contributed by atoms with Gasteiger partial charge >= 0.3 is 0 Å². The molecular weight excluding hydrogens is 284 g/mol. The molecule has 2 heteroatoms. The molecule has 0 aromatic rings. The van der Waals surface area contributed by atoms with Gasteiger partial charge in [0.2, 0.25) is 0 Å². The Kier molecular flexibility index (Phi) is 3.89. The summed E-state index contributed by atoms with van der Waals surface area (Å²) >= 11 is 0. The van der Waals surface area contributed by atoms with Crippen LogP contribution in [0.1, 0.15) is 78.6 Å². The van der Waals surface area contributed by atoms with Gasteiger partial charge in [-0.1, -0.05) is 27.2 Å². The zero-order valence-corrected chi connectivity index (χ0v) is 15.3. The third-order valence-electron chi connectivity index (χ3n) is 9.34. The van der Waals surface area contributed by atoms with Crippen LogP contribution in [0.3, 0.4) is 0 Å². The average molecular weight is 321 g/mol. The summed E-state index contributed by atoms with van der Waals surface area (Å²) in [5.41, 5.74) is 0.806. The smallest absolute Gasteiger partial charge is 0.0577 e. The van der Waals surface area contributed by atoms with Gasteiger partial charge in [-0.15, -0.1) is 0 Å². The van der Waals surface area contributed by atoms with E-state index in [2.05, 4.69) is 20.8 Å². The second-order valence-corrected chi connectivity index (χ2v) is 9.95. The van der Waals surface area contributed by atoms with Gasteiger partial charge in [0, 0.05) is 0 Å². The summed E-state index contributed by atoms with van der Waals surface area (Å²) in [5, 5.41) is 21.1. The van der Waals surface area contributed by atoms with Gasteiger partial charge in [-0.3, -0.25) is 0 Å². The molecule has 0 bridgehead atoms. The Bertz CT molecular complexity index is 463. The highest BCUT2D eigenvalue weighted by Crippen LogP contribution is 2.67. The van der Waals surface area contributed by atoms with Gasteiger partial charge in [0.15, 0.2) is 0 Å². The van der Waals surface area contributed by atoms with Crippen LogP contribution in [0.2, 0.25) is 0 Å². The molecule has 4 aliphatic rings. The molecule has 9 atom stereocenters. The molecule has 3 unspecified atom stereocenters. The lowest BCUT2D eigenvalue weighted by atomic mass is 9.44. The molecule has 0 amide bonds. The minimum atomic E-state index is -0.181. The Morgan fingerprint density at radius 3 is 2.26 bits per heavy atom. The molecule has 4 fully saturated rings. The van der Waals surface area contributed by atoms with E-state index in [9.17, 15) is 10.2 Å². The van der Waals surface area contributed by atoms with E-state index in [-0.39, 0.29) is 17.6 Å². The van der Waals surface area contributed by atoms with E-state index in [1.165, 1.54) is 32.1 Å². The summed E-state index contributed by atoms with van der Waals surface area (Å²) in [4.78, 5) is 0. The standard InChI is InChI=1S/C21H36O2/c1-4-13-5-6-16-15-12-19(23)18-11-14(22)7-9-21(18,3)17(15)8-10-20(13,16)2/h13-19,22-23H,4-12H2,1-3H3/t13-,14?,15-,16-,17-,18?,19?,20+,21+/m0/s1. The van der Waals surface area contributed by atoms with E-state index in [0.29, 0.717) is 11.3 Å². The number of rotatable bonds is 1. The predicted molar refractivity (Wildman–Crippen MR) is 92.9 cm³/mol. The van der Waals surface area contributed by atoms with Gasteiger partial charge in [-0.05, 0) is 91.8 Å². The fourth-order valence-electron chi connectivity index (χ4n) is 8.06. The SMILES string of the molecule is CC[C@H]1CC[C@H]2[C@@H]3CC(O)C4CC(O)CC[C@]4(C)[C@H]3CC[C@]12C. The summed E-state index contributed by atoms with van der Waals surface area (Å²) < 4.78 is 0. The van der Waals surface area contributed by atoms with E-state index in [1.54, 1.807) is 0 Å². The lowest BCUT2D eigenvalue weighted by molar-refractivity contribution is -0.170. The molecule has 0 aliphatic heterocycles. The second kappa shape index (κ2) is 5.46. The Morgan fingerprint density at radius 2 is 1.52 bits per heavy atom. The Labute approximate surface area is 142 Å². The zero-order chi connectivity index (χ0) is 16.4. The Hall–Kier alpha value is -0.0800. The lowest BCUT2D eigenvalue weighted by Gasteiger charge is -2.62. The molecule has 23 heavy (non-hydrogen) atoms. The molecule has 2 N–H and O–H groups in total. The van der Waals surface area contributed by atoms with Crippen molar-refractivity contribution >= 4 is 0 Å². The van der Waals surface area contributed by atoms with Crippen molar-refractivity contribution in [2.75, 3.05) is 0 Å². The van der Waals surface area contributed by atoms with Gasteiger partial charge in [0.25, 0.3) is 0 Å². The van der Waals surface area contributed by atoms with Crippen LogP contribution >= 0.6 is 0 Å². The summed E-state index contributed by atoms with van der Waals surface area (Å²) in [6.45, 7) is 7.40. The first-order chi connectivity index (χ1) is 10.9. The van der Waals surface area contributed by atoms with Crippen LogP contribution in [0.4, 0.5) is 0 Å². The zero-order valence-electron chi connectivity index (χ0n) is 15.3. The van der Waals surface area contributed by atoms with Crippen LogP contribution in [-0.4, -0.2) is 22.4 Å². The van der Waals surface area contributed by atoms with Gasteiger partial charge in [-0.25, -0.2) is 0 Å². The molecule has 0 radical (unpaired) electrons. The van der Waals surface area contributed by atoms with Gasteiger partial charge in [0.1, 0.15) is 0 Å². The van der Waals surface area contributed by atoms with E-state index in [4.69, 9.17) is 0 Å². The lowest BCUT2D eigenvalue weighted by Crippen LogP contribution is -2.58. The minimum Gasteiger partial charge on any atom is -0.393 e. The summed E-state index contributed by atoms with van der Waals surface area (Å²) in [6.07, 6.45) is 10.5. The molecule has 0 heterocycles. The highest BCUT2D eigenvalue weighted by molar-refractivity contribution is 5.10. The van der Waals surface area contributed by atoms with Crippen LogP contribution in [-0.2, 0) is 0 Å². The first kappa shape index (κ1) is 16.4. The number of aliphatic hydroxyl groups excluding tert-OH is 2. The Balaban J connectivity index is 1.65. The van der Waals surface area contributed by atoms with E-state index >= 15 is 0 Å². The number of aliphatic hydroxyl groups is 2. The Morgan fingerprint density at radius 1 is 0.826 bits per heavy atom. The van der Waals surface area contributed by atoms with Gasteiger partial charge in [0.05, 0.1) is 12.2 Å². The van der Waals surface area contributed by atoms with Crippen molar-refractivity contribution in [1.29, 1.82) is 0 Å². The van der Waals surface area contributed by atoms with Crippen molar-refractivity contribution in [2.45, 2.75) is 90.8 Å². The monoisotopic (exact) mass is 320 g/mol. The maximum atomic E-state index is 10.9. The highest BCUT2D eigenvalue weighted by Gasteiger charge is 2.61. The number of hydrogen-bond acceptors (Lipinski definition) is 2. The third-order valence-corrected chi connectivity index (χ3v) is 9.34. The molecule has 0 aromatic heterocycles. The van der Waals surface area contributed by atoms with Crippen molar-refractivity contribution in [3.63, 3.8) is 0 Å². The molecular formula is C21H36O2. The number of hydrogen-bond donors (Lipinski definition) is 2. The number of fused-ring (bicyclic) bond motifs is 5. The normalized spacial score (nSPS) is 59.1. The molecule has 0 spiro atoms. The summed E-state index contributed by atoms with van der Waals surface area (Å²) in [7, 11) is 0. The van der Waals surface area contributed by atoms with Crippen molar-refractivity contribution in [3.05, 3.63) is 0 Å². The molecule has 132 valence electrons. The van der Waals surface area contributed by atoms with Gasteiger partial charge < -0.3 is 10.2 Å². The molecule has 4 aliphatic carbocycles. The highest BCUT2D eigenvalue weighted by atomic mass is 16.3. The van der Waals surface area contributed by atoms with Crippen molar-refractivity contribution < 1.29 is 10.2 Å². The first-order valence-corrected chi connectivity index (χ1v) is 10.3. The van der Waals surface area contributed by atoms with Crippen molar-refractivity contribution in [1.82, 2.24) is 0 Å². The van der Waals surface area contributed by atoms with Crippen LogP contribution in [0.15, 0.2) is 0 Å². The van der Waals surface area contributed by atoms with E-state index < -0.39 is 0 Å². The minimum absolute atomic E-state index is 0.177. The fraction of sp³-hybridized carbons (Fsp3) is 1.00. The largest absolute Gasteiger partial charge is 0.393 e. The van der Waals surface area contributed by atoms with Crippen LogP contribution in [0.5, 0.6) is 0 Å². The summed E-state index contributed by atoms with van der Waals surface area (Å²) in [5.74, 6) is 3.60. The van der Waals surface area contributed by atoms with Crippen LogP contribution < -0.4 is 0 Å². The van der Waals surface area contributed by atoms with Crippen LogP contribution in [0.25, 0.3) is 0 Å². The predicted octanol–water partition coefficient (Wildman–Crippen LogP) is 4.39. The van der Waals surface area contributed by atoms with E-state index in [0.717, 1.165) is 49.4 Å². The molecule has 4 saturated carbocycles. The van der Waals surface area contributed by atoms with Crippen LogP contribution in [0, 0.1) is 40.4 Å². The average Bonchev–Trinajstić information content (AvgIpc) is 2.86. The first-order valence-electron chi connectivity index (χ1n) is 10.3. The topological polar surface area (TPSA) is 40.5 Å². The van der Waals surface area contributed by atoms with Gasteiger partial charge in [-0.2, -0.15) is 0 Å². The van der Waals surface area contributed by atoms with Crippen molar-refractivity contribution in [3.8, 4) is 0 Å². The second-order valence-electron chi connectivity index (χ2n) is 9.95. The molecule has 2 nitrogen and oxygen atoms in total. The fourth-order valence-corrected chi connectivity index (χ4v) is 8.06. The maximum absolute atomic E-state index is 10.9. The van der Waals surface area contributed by atoms with E-state index in [1.807, 2.05) is 0 Å². The third kappa shape index (κ3) is 2.20. The summed E-state index contributed by atoms with van der Waals surface area (Å²) in [6, 6.07) is 0. The maximum Gasteiger partial charge on any atom is 0.0577 e. The molecule has 0 saturated heterocycles. The quantitative estimate of drug-likeness (QED) is 0.752.